The van der Waals surface area contributed by atoms with Crippen molar-refractivity contribution >= 4 is 0 Å². The van der Waals surface area contributed by atoms with Crippen LogP contribution >= 0.6 is 0 Å². The molecule has 0 atom stereocenters. The zero-order chi connectivity index (χ0) is 9.68. The summed E-state index contributed by atoms with van der Waals surface area (Å²) in [5, 5.41) is 17.8. The number of nitrogens with zero attached hydrogens (tertiary/aromatic N) is 1. The Morgan fingerprint density at radius 2 is 2.23 bits per heavy atom. The summed E-state index contributed by atoms with van der Waals surface area (Å²) in [6.07, 6.45) is 0. The number of aromatic hydroxyl groups is 1. The van der Waals surface area contributed by atoms with Gasteiger partial charge in [-0.2, -0.15) is 5.26 Å². The average molecular weight is 172 g/mol. The van der Waals surface area contributed by atoms with Crippen molar-refractivity contribution in [3.05, 3.63) is 29.3 Å². The molecule has 0 amide bonds. The largest absolute Gasteiger partial charge is 0.507 e. The fourth-order valence-electron chi connectivity index (χ4n) is 0.857. The van der Waals surface area contributed by atoms with Crippen molar-refractivity contribution in [3.8, 4) is 23.7 Å². The Morgan fingerprint density at radius 1 is 1.46 bits per heavy atom. The minimum atomic E-state index is -0.0497. The van der Waals surface area contributed by atoms with E-state index in [2.05, 4.69) is 11.8 Å². The predicted octanol–water partition coefficient (Wildman–Crippen LogP) is 0.574. The summed E-state index contributed by atoms with van der Waals surface area (Å²) in [5.41, 5.74) is 6.09. The first-order valence-electron chi connectivity index (χ1n) is 3.70. The zero-order valence-electron chi connectivity index (χ0n) is 6.91. The number of rotatable bonds is 0. The molecule has 3 nitrogen and oxygen atoms in total. The Hall–Kier alpha value is -1.97. The third-order valence-electron chi connectivity index (χ3n) is 1.45. The fraction of sp³-hybridized carbons (Fsp3) is 0.100. The summed E-state index contributed by atoms with van der Waals surface area (Å²) >= 11 is 0. The molecule has 0 saturated carbocycles. The van der Waals surface area contributed by atoms with Gasteiger partial charge in [0.1, 0.15) is 11.8 Å². The summed E-state index contributed by atoms with van der Waals surface area (Å²) < 4.78 is 0. The maximum Gasteiger partial charge on any atom is 0.134 e. The summed E-state index contributed by atoms with van der Waals surface area (Å²) in [7, 11) is 0. The Labute approximate surface area is 76.4 Å². The van der Waals surface area contributed by atoms with Gasteiger partial charge < -0.3 is 10.8 Å². The lowest BCUT2D eigenvalue weighted by atomic mass is 10.1. The molecule has 1 rings (SSSR count). The highest BCUT2D eigenvalue weighted by Gasteiger charge is 1.98. The number of hydrogen-bond donors (Lipinski definition) is 2. The third-order valence-corrected chi connectivity index (χ3v) is 1.45. The van der Waals surface area contributed by atoms with E-state index in [1.807, 2.05) is 6.07 Å². The van der Waals surface area contributed by atoms with Crippen molar-refractivity contribution < 1.29 is 5.11 Å². The van der Waals surface area contributed by atoms with Gasteiger partial charge in [0.2, 0.25) is 0 Å². The second-order valence-electron chi connectivity index (χ2n) is 2.35. The van der Waals surface area contributed by atoms with Crippen molar-refractivity contribution in [1.82, 2.24) is 0 Å². The maximum absolute atomic E-state index is 9.27. The van der Waals surface area contributed by atoms with Crippen molar-refractivity contribution in [2.24, 2.45) is 5.73 Å². The van der Waals surface area contributed by atoms with Gasteiger partial charge in [-0.05, 0) is 18.2 Å². The molecule has 0 unspecified atom stereocenters. The molecular weight excluding hydrogens is 164 g/mol. The van der Waals surface area contributed by atoms with E-state index in [-0.39, 0.29) is 17.9 Å². The molecule has 0 aliphatic carbocycles. The first-order valence-corrected chi connectivity index (χ1v) is 3.70. The highest BCUT2D eigenvalue weighted by atomic mass is 16.3. The molecule has 0 saturated heterocycles. The molecule has 3 N–H and O–H groups in total. The predicted molar refractivity (Wildman–Crippen MR) is 48.8 cm³/mol. The number of phenolic OH excluding ortho intramolecular Hbond substituents is 1. The van der Waals surface area contributed by atoms with E-state index >= 15 is 0 Å². The van der Waals surface area contributed by atoms with Gasteiger partial charge in [0, 0.05) is 5.56 Å². The van der Waals surface area contributed by atoms with E-state index < -0.39 is 0 Å². The van der Waals surface area contributed by atoms with Crippen LogP contribution in [0.1, 0.15) is 11.1 Å². The lowest BCUT2D eigenvalue weighted by Gasteiger charge is -1.95. The molecule has 0 spiro atoms. The van der Waals surface area contributed by atoms with Crippen LogP contribution in [0.15, 0.2) is 18.2 Å². The smallest absolute Gasteiger partial charge is 0.134 e. The highest BCUT2D eigenvalue weighted by Crippen LogP contribution is 2.16. The molecule has 0 bridgehead atoms. The van der Waals surface area contributed by atoms with Crippen LogP contribution in [0.25, 0.3) is 0 Å². The van der Waals surface area contributed by atoms with E-state index in [1.165, 1.54) is 12.1 Å². The van der Waals surface area contributed by atoms with Crippen LogP contribution < -0.4 is 5.73 Å². The highest BCUT2D eigenvalue weighted by molar-refractivity contribution is 5.48. The van der Waals surface area contributed by atoms with Crippen LogP contribution in [0, 0.1) is 23.2 Å². The second kappa shape index (κ2) is 4.15. The second-order valence-corrected chi connectivity index (χ2v) is 2.35. The Morgan fingerprint density at radius 3 is 2.77 bits per heavy atom. The third kappa shape index (κ3) is 2.23. The molecule has 13 heavy (non-hydrogen) atoms. The van der Waals surface area contributed by atoms with Gasteiger partial charge >= 0.3 is 0 Å². The number of phenols is 1. The zero-order valence-corrected chi connectivity index (χ0v) is 6.91. The number of nitrogens with two attached hydrogens (primary N) is 1. The van der Waals surface area contributed by atoms with Crippen LogP contribution in [-0.2, 0) is 0 Å². The van der Waals surface area contributed by atoms with Crippen LogP contribution in [0.3, 0.4) is 0 Å². The van der Waals surface area contributed by atoms with Gasteiger partial charge in [-0.3, -0.25) is 0 Å². The molecule has 0 fully saturated rings. The van der Waals surface area contributed by atoms with Crippen LogP contribution in [0.2, 0.25) is 0 Å². The van der Waals surface area contributed by atoms with Gasteiger partial charge in [-0.25, -0.2) is 0 Å². The Balaban J connectivity index is 3.04. The van der Waals surface area contributed by atoms with Crippen LogP contribution in [0.5, 0.6) is 5.75 Å². The molecule has 64 valence electrons. The average Bonchev–Trinajstić information content (AvgIpc) is 2.15. The summed E-state index contributed by atoms with van der Waals surface area (Å²) in [5.74, 6) is 5.36. The van der Waals surface area contributed by atoms with Gasteiger partial charge in [0.05, 0.1) is 12.1 Å². The lowest BCUT2D eigenvalue weighted by Crippen LogP contribution is -1.93. The van der Waals surface area contributed by atoms with E-state index in [0.29, 0.717) is 5.56 Å². The normalized spacial score (nSPS) is 8.31. The van der Waals surface area contributed by atoms with Crippen molar-refractivity contribution in [2.45, 2.75) is 0 Å². The van der Waals surface area contributed by atoms with Gasteiger partial charge in [0.15, 0.2) is 0 Å². The monoisotopic (exact) mass is 172 g/mol. The number of benzene rings is 1. The molecule has 1 aromatic rings. The SMILES string of the molecule is N#Cc1ccc(C#CCN)cc1O. The first kappa shape index (κ1) is 9.12. The van der Waals surface area contributed by atoms with Gasteiger partial charge in [-0.15, -0.1) is 0 Å². The summed E-state index contributed by atoms with van der Waals surface area (Å²) in [4.78, 5) is 0. The van der Waals surface area contributed by atoms with Crippen LogP contribution in [0.4, 0.5) is 0 Å². The Kier molecular flexibility index (Phi) is 2.92. The van der Waals surface area contributed by atoms with Crippen molar-refractivity contribution in [1.29, 1.82) is 5.26 Å². The summed E-state index contributed by atoms with van der Waals surface area (Å²) in [6.45, 7) is 0.279. The topological polar surface area (TPSA) is 70.0 Å². The minimum absolute atomic E-state index is 0.0497. The standard InChI is InChI=1S/C10H8N2O/c11-5-1-2-8-3-4-9(7-12)10(13)6-8/h3-4,6,13H,5,11H2. The molecule has 3 heteroatoms. The van der Waals surface area contributed by atoms with Gasteiger partial charge in [0.25, 0.3) is 0 Å². The summed E-state index contributed by atoms with van der Waals surface area (Å²) in [6, 6.07) is 6.49. The molecule has 0 aliphatic heterocycles. The van der Waals surface area contributed by atoms with Crippen molar-refractivity contribution in [2.75, 3.05) is 6.54 Å². The minimum Gasteiger partial charge on any atom is -0.507 e. The molecule has 0 aliphatic rings. The molecule has 0 heterocycles. The molecule has 0 radical (unpaired) electrons. The number of nitriles is 1. The quantitative estimate of drug-likeness (QED) is 0.562. The van der Waals surface area contributed by atoms with E-state index in [0.717, 1.165) is 0 Å². The van der Waals surface area contributed by atoms with E-state index in [4.69, 9.17) is 11.0 Å². The Bertz CT molecular complexity index is 407. The van der Waals surface area contributed by atoms with E-state index in [9.17, 15) is 5.11 Å². The number of hydrogen-bond acceptors (Lipinski definition) is 3. The van der Waals surface area contributed by atoms with Crippen molar-refractivity contribution in [3.63, 3.8) is 0 Å². The first-order chi connectivity index (χ1) is 6.27. The van der Waals surface area contributed by atoms with Crippen LogP contribution in [-0.4, -0.2) is 11.7 Å². The lowest BCUT2D eigenvalue weighted by molar-refractivity contribution is 0.473. The van der Waals surface area contributed by atoms with E-state index in [1.54, 1.807) is 6.07 Å². The van der Waals surface area contributed by atoms with Gasteiger partial charge in [-0.1, -0.05) is 11.8 Å². The molecule has 1 aromatic carbocycles. The molecule has 0 aromatic heterocycles. The maximum atomic E-state index is 9.27. The fourth-order valence-corrected chi connectivity index (χ4v) is 0.857. The molecular formula is C10H8N2O.